The molecular formula is C16H14N4O4S. The predicted molar refractivity (Wildman–Crippen MR) is 87.3 cm³/mol. The maximum absolute atomic E-state index is 12.4. The first-order valence-electron chi connectivity index (χ1n) is 7.72. The standard InChI is InChI=1S/C16H14N4O4S/c1-6-10(9-4-19-5-18-8(3-17)15(19)25-9)13(16(23)24)20-12(6)11(7(2)21)14(20)22/h4-7,11-12,21H,1-2H3,(H,23,24)/t6-,7+,11+,12+/m0/s1. The largest absolute Gasteiger partial charge is 0.477 e. The number of aliphatic carboxylic acids is 1. The zero-order valence-electron chi connectivity index (χ0n) is 13.4. The van der Waals surface area contributed by atoms with E-state index in [1.807, 2.05) is 13.0 Å². The van der Waals surface area contributed by atoms with E-state index in [4.69, 9.17) is 5.26 Å². The van der Waals surface area contributed by atoms with Gasteiger partial charge >= 0.3 is 5.97 Å². The van der Waals surface area contributed by atoms with Crippen LogP contribution in [0.3, 0.4) is 0 Å². The van der Waals surface area contributed by atoms with Crippen LogP contribution < -0.4 is 0 Å². The van der Waals surface area contributed by atoms with Crippen LogP contribution in [0.4, 0.5) is 0 Å². The summed E-state index contributed by atoms with van der Waals surface area (Å²) in [6, 6.07) is 1.65. The fourth-order valence-electron chi connectivity index (χ4n) is 3.89. The zero-order valence-corrected chi connectivity index (χ0v) is 14.2. The molecule has 2 aromatic heterocycles. The van der Waals surface area contributed by atoms with Crippen LogP contribution in [0.1, 0.15) is 24.4 Å². The summed E-state index contributed by atoms with van der Waals surface area (Å²) in [5.74, 6) is -2.35. The smallest absolute Gasteiger partial charge is 0.352 e. The summed E-state index contributed by atoms with van der Waals surface area (Å²) in [6.45, 7) is 3.41. The normalized spacial score (nSPS) is 26.6. The van der Waals surface area contributed by atoms with Crippen molar-refractivity contribution in [3.63, 3.8) is 0 Å². The van der Waals surface area contributed by atoms with Gasteiger partial charge in [-0.15, -0.1) is 11.3 Å². The summed E-state index contributed by atoms with van der Waals surface area (Å²) in [5.41, 5.74) is 0.808. The van der Waals surface area contributed by atoms with Crippen LogP contribution in [-0.2, 0) is 9.59 Å². The molecule has 2 aromatic rings. The minimum atomic E-state index is -1.17. The fourth-order valence-corrected chi connectivity index (χ4v) is 5.06. The Labute approximate surface area is 146 Å². The number of carbonyl (C=O) groups is 2. The zero-order chi connectivity index (χ0) is 18.0. The number of aliphatic hydroxyl groups excluding tert-OH is 1. The number of aromatic nitrogens is 2. The first-order valence-corrected chi connectivity index (χ1v) is 8.54. The second-order valence-corrected chi connectivity index (χ2v) is 7.36. The van der Waals surface area contributed by atoms with Crippen LogP contribution >= 0.6 is 11.3 Å². The number of hydrogen-bond donors (Lipinski definition) is 2. The van der Waals surface area contributed by atoms with Crippen LogP contribution in [-0.4, -0.2) is 48.5 Å². The van der Waals surface area contributed by atoms with Gasteiger partial charge in [0.2, 0.25) is 5.91 Å². The molecule has 0 unspecified atom stereocenters. The molecule has 0 aromatic carbocycles. The van der Waals surface area contributed by atoms with Crippen LogP contribution in [0.15, 0.2) is 18.2 Å². The lowest BCUT2D eigenvalue weighted by molar-refractivity contribution is -0.163. The molecule has 9 heteroatoms. The molecule has 0 spiro atoms. The average molecular weight is 358 g/mol. The van der Waals surface area contributed by atoms with Crippen LogP contribution in [0, 0.1) is 23.2 Å². The third-order valence-corrected chi connectivity index (χ3v) is 6.10. The van der Waals surface area contributed by atoms with E-state index in [2.05, 4.69) is 4.98 Å². The van der Waals surface area contributed by atoms with E-state index in [0.717, 1.165) is 0 Å². The van der Waals surface area contributed by atoms with Gasteiger partial charge in [0.25, 0.3) is 0 Å². The third kappa shape index (κ3) is 1.92. The quantitative estimate of drug-likeness (QED) is 0.788. The van der Waals surface area contributed by atoms with Gasteiger partial charge in [-0.25, -0.2) is 9.78 Å². The second-order valence-electron chi connectivity index (χ2n) is 6.33. The summed E-state index contributed by atoms with van der Waals surface area (Å²) in [6.07, 6.45) is 2.41. The Kier molecular flexibility index (Phi) is 3.25. The van der Waals surface area contributed by atoms with E-state index in [1.165, 1.54) is 22.6 Å². The molecular weight excluding hydrogens is 344 g/mol. The number of carboxylic acid groups (broad SMARTS) is 1. The molecule has 1 saturated heterocycles. The van der Waals surface area contributed by atoms with Crippen molar-refractivity contribution < 1.29 is 19.8 Å². The number of thiazole rings is 1. The maximum Gasteiger partial charge on any atom is 0.352 e. The highest BCUT2D eigenvalue weighted by Crippen LogP contribution is 2.51. The number of fused-ring (bicyclic) bond motifs is 2. The van der Waals surface area contributed by atoms with E-state index in [0.29, 0.717) is 15.3 Å². The van der Waals surface area contributed by atoms with Gasteiger partial charge in [-0.2, -0.15) is 5.26 Å². The van der Waals surface area contributed by atoms with Crippen molar-refractivity contribution in [2.45, 2.75) is 26.0 Å². The minimum Gasteiger partial charge on any atom is -0.477 e. The van der Waals surface area contributed by atoms with E-state index >= 15 is 0 Å². The molecule has 128 valence electrons. The molecule has 0 bridgehead atoms. The number of rotatable bonds is 3. The van der Waals surface area contributed by atoms with Gasteiger partial charge in [0.1, 0.15) is 22.9 Å². The number of hydrogen-bond acceptors (Lipinski definition) is 6. The lowest BCUT2D eigenvalue weighted by Crippen LogP contribution is -2.63. The number of imidazole rings is 1. The first-order chi connectivity index (χ1) is 11.9. The SMILES string of the molecule is C[C@@H](O)[C@H]1C(=O)N2C(C(=O)O)=C(c3cn4cnc(C#N)c4s3)[C@H](C)[C@H]12. The minimum absolute atomic E-state index is 0.0321. The van der Waals surface area contributed by atoms with Gasteiger partial charge in [-0.05, 0) is 6.92 Å². The second kappa shape index (κ2) is 5.15. The molecule has 1 amide bonds. The van der Waals surface area contributed by atoms with Crippen molar-refractivity contribution in [1.82, 2.24) is 14.3 Å². The van der Waals surface area contributed by atoms with Crippen molar-refractivity contribution in [3.8, 4) is 6.07 Å². The molecule has 25 heavy (non-hydrogen) atoms. The highest BCUT2D eigenvalue weighted by molar-refractivity contribution is 7.18. The molecule has 2 aliphatic heterocycles. The molecule has 4 rings (SSSR count). The highest BCUT2D eigenvalue weighted by Gasteiger charge is 2.60. The summed E-state index contributed by atoms with van der Waals surface area (Å²) in [5, 5.41) is 28.7. The van der Waals surface area contributed by atoms with E-state index in [9.17, 15) is 19.8 Å². The molecule has 8 nitrogen and oxygen atoms in total. The number of nitriles is 1. The topological polar surface area (TPSA) is 119 Å². The van der Waals surface area contributed by atoms with Gasteiger partial charge in [0.05, 0.1) is 22.9 Å². The Bertz CT molecular complexity index is 996. The van der Waals surface area contributed by atoms with Gasteiger partial charge in [-0.3, -0.25) is 9.20 Å². The Hall–Kier alpha value is -2.70. The fraction of sp³-hybridized carbons (Fsp3) is 0.375. The predicted octanol–water partition coefficient (Wildman–Crippen LogP) is 0.921. The monoisotopic (exact) mass is 358 g/mol. The molecule has 0 saturated carbocycles. The maximum atomic E-state index is 12.4. The summed E-state index contributed by atoms with van der Waals surface area (Å²) in [4.78, 5) is 30.8. The van der Waals surface area contributed by atoms with Crippen LogP contribution in [0.5, 0.6) is 0 Å². The van der Waals surface area contributed by atoms with E-state index < -0.39 is 18.0 Å². The Morgan fingerprint density at radius 1 is 1.52 bits per heavy atom. The number of β-lactam (4-membered cyclic amide) rings is 1. The van der Waals surface area contributed by atoms with Crippen molar-refractivity contribution in [1.29, 1.82) is 5.26 Å². The van der Waals surface area contributed by atoms with E-state index in [-0.39, 0.29) is 29.3 Å². The van der Waals surface area contributed by atoms with Crippen LogP contribution in [0.2, 0.25) is 0 Å². The Morgan fingerprint density at radius 3 is 2.84 bits per heavy atom. The lowest BCUT2D eigenvalue weighted by Gasteiger charge is -2.46. The number of nitrogens with zero attached hydrogens (tertiary/aromatic N) is 4. The Morgan fingerprint density at radius 2 is 2.24 bits per heavy atom. The Balaban J connectivity index is 1.87. The first kappa shape index (κ1) is 15.8. The molecule has 0 aliphatic carbocycles. The summed E-state index contributed by atoms with van der Waals surface area (Å²) in [7, 11) is 0. The molecule has 2 N–H and O–H groups in total. The van der Waals surface area contributed by atoms with Gasteiger partial charge in [-0.1, -0.05) is 6.92 Å². The number of amides is 1. The number of carboxylic acids is 1. The number of carbonyl (C=O) groups excluding carboxylic acids is 1. The van der Waals surface area contributed by atoms with Crippen molar-refractivity contribution >= 4 is 33.6 Å². The van der Waals surface area contributed by atoms with Crippen molar-refractivity contribution in [3.05, 3.63) is 28.8 Å². The summed E-state index contributed by atoms with van der Waals surface area (Å²) >= 11 is 1.28. The van der Waals surface area contributed by atoms with Crippen LogP contribution in [0.25, 0.3) is 10.4 Å². The molecule has 4 atom stereocenters. The van der Waals surface area contributed by atoms with Gasteiger partial charge in [0.15, 0.2) is 5.69 Å². The molecule has 0 radical (unpaired) electrons. The van der Waals surface area contributed by atoms with E-state index in [1.54, 1.807) is 17.5 Å². The van der Waals surface area contributed by atoms with Crippen molar-refractivity contribution in [2.24, 2.45) is 11.8 Å². The lowest BCUT2D eigenvalue weighted by atomic mass is 9.77. The molecule has 1 fully saturated rings. The summed E-state index contributed by atoms with van der Waals surface area (Å²) < 4.78 is 1.68. The molecule has 4 heterocycles. The van der Waals surface area contributed by atoms with Crippen molar-refractivity contribution in [2.75, 3.05) is 0 Å². The number of aliphatic hydroxyl groups is 1. The molecule has 2 aliphatic rings. The van der Waals surface area contributed by atoms with Gasteiger partial charge in [0, 0.05) is 17.7 Å². The van der Waals surface area contributed by atoms with Gasteiger partial charge < -0.3 is 15.1 Å². The highest BCUT2D eigenvalue weighted by atomic mass is 32.1. The third-order valence-electron chi connectivity index (χ3n) is 4.96. The average Bonchev–Trinajstić information content (AvgIpc) is 3.16.